The number of H-pyrrole nitrogens is 1. The van der Waals surface area contributed by atoms with Gasteiger partial charge in [-0.3, -0.25) is 14.9 Å². The molecule has 1 amide bonds. The van der Waals surface area contributed by atoms with Gasteiger partial charge in [-0.2, -0.15) is 0 Å². The number of non-ortho nitro benzene ring substituents is 1. The number of nitrogens with one attached hydrogen (secondary N) is 3. The lowest BCUT2D eigenvalue weighted by Gasteiger charge is -1.99. The van der Waals surface area contributed by atoms with Crippen LogP contribution in [-0.4, -0.2) is 34.4 Å². The lowest BCUT2D eigenvalue weighted by Crippen LogP contribution is -2.26. The molecule has 0 aliphatic heterocycles. The molecule has 0 bridgehead atoms. The summed E-state index contributed by atoms with van der Waals surface area (Å²) in [4.78, 5) is 28.2. The Labute approximate surface area is 102 Å². The third-order valence-corrected chi connectivity index (χ3v) is 2.37. The normalized spacial score (nSPS) is 10.3. The zero-order valence-corrected chi connectivity index (χ0v) is 9.56. The second kappa shape index (κ2) is 4.70. The second-order valence-electron chi connectivity index (χ2n) is 3.57. The fourth-order valence-electron chi connectivity index (χ4n) is 1.45. The third-order valence-electron chi connectivity index (χ3n) is 2.37. The molecule has 1 heterocycles. The average Bonchev–Trinajstić information content (AvgIpc) is 2.77. The zero-order valence-electron chi connectivity index (χ0n) is 9.56. The van der Waals surface area contributed by atoms with Crippen LogP contribution in [0.25, 0.3) is 11.0 Å². The van der Waals surface area contributed by atoms with E-state index in [4.69, 9.17) is 0 Å². The Balaban J connectivity index is 2.22. The van der Waals surface area contributed by atoms with Gasteiger partial charge in [-0.15, -0.1) is 0 Å². The van der Waals surface area contributed by atoms with Crippen LogP contribution in [0.3, 0.4) is 0 Å². The van der Waals surface area contributed by atoms with Crippen molar-refractivity contribution in [2.24, 2.45) is 0 Å². The molecule has 0 saturated heterocycles. The highest BCUT2D eigenvalue weighted by Gasteiger charge is 2.09. The second-order valence-corrected chi connectivity index (χ2v) is 3.57. The summed E-state index contributed by atoms with van der Waals surface area (Å²) in [5, 5.41) is 15.9. The van der Waals surface area contributed by atoms with E-state index in [0.29, 0.717) is 17.0 Å². The Bertz CT molecular complexity index is 607. The number of fused-ring (bicyclic) bond motifs is 1. The van der Waals surface area contributed by atoms with Gasteiger partial charge in [0, 0.05) is 19.2 Å². The smallest absolute Gasteiger partial charge is 0.271 e. The summed E-state index contributed by atoms with van der Waals surface area (Å²) in [6.07, 6.45) is 0. The van der Waals surface area contributed by atoms with E-state index in [1.54, 1.807) is 6.07 Å². The minimum Gasteiger partial charge on any atom is -0.358 e. The molecule has 0 saturated carbocycles. The van der Waals surface area contributed by atoms with Crippen LogP contribution in [0.2, 0.25) is 0 Å². The third kappa shape index (κ3) is 2.37. The maximum atomic E-state index is 11.0. The first kappa shape index (κ1) is 11.8. The molecule has 0 atom stereocenters. The van der Waals surface area contributed by atoms with E-state index < -0.39 is 4.92 Å². The molecule has 3 N–H and O–H groups in total. The number of hydrogen-bond donors (Lipinski definition) is 3. The van der Waals surface area contributed by atoms with Crippen molar-refractivity contribution in [3.05, 3.63) is 28.3 Å². The Morgan fingerprint density at radius 1 is 1.56 bits per heavy atom. The van der Waals surface area contributed by atoms with Crippen LogP contribution in [0.1, 0.15) is 0 Å². The van der Waals surface area contributed by atoms with Gasteiger partial charge in [0.1, 0.15) is 0 Å². The van der Waals surface area contributed by atoms with E-state index in [-0.39, 0.29) is 18.1 Å². The summed E-state index contributed by atoms with van der Waals surface area (Å²) >= 11 is 0. The fraction of sp³-hybridized carbons (Fsp3) is 0.200. The van der Waals surface area contributed by atoms with Gasteiger partial charge in [-0.05, 0) is 6.07 Å². The average molecular weight is 249 g/mol. The fourth-order valence-corrected chi connectivity index (χ4v) is 1.45. The van der Waals surface area contributed by atoms with Crippen LogP contribution in [0, 0.1) is 10.1 Å². The Morgan fingerprint density at radius 3 is 3.00 bits per heavy atom. The molecule has 1 aromatic carbocycles. The van der Waals surface area contributed by atoms with Gasteiger partial charge in [0.25, 0.3) is 5.69 Å². The summed E-state index contributed by atoms with van der Waals surface area (Å²) in [5.74, 6) is 0.218. The van der Waals surface area contributed by atoms with E-state index in [1.165, 1.54) is 19.2 Å². The molecule has 2 rings (SSSR count). The van der Waals surface area contributed by atoms with Crippen molar-refractivity contribution < 1.29 is 9.72 Å². The highest BCUT2D eigenvalue weighted by Crippen LogP contribution is 2.20. The first-order valence-corrected chi connectivity index (χ1v) is 5.19. The highest BCUT2D eigenvalue weighted by atomic mass is 16.6. The Morgan fingerprint density at radius 2 is 2.33 bits per heavy atom. The number of nitro groups is 1. The standard InChI is InChI=1S/C10H11N5O3/c1-11-9(16)5-12-10-13-7-3-2-6(15(17)18)4-8(7)14-10/h2-4H,5H2,1H3,(H,11,16)(H2,12,13,14). The molecule has 8 heteroatoms. The van der Waals surface area contributed by atoms with Crippen LogP contribution in [0.4, 0.5) is 11.6 Å². The number of carbonyl (C=O) groups is 1. The number of amides is 1. The number of imidazole rings is 1. The van der Waals surface area contributed by atoms with Crippen molar-refractivity contribution in [2.45, 2.75) is 0 Å². The van der Waals surface area contributed by atoms with E-state index >= 15 is 0 Å². The molecule has 0 spiro atoms. The molecule has 0 unspecified atom stereocenters. The molecular formula is C10H11N5O3. The van der Waals surface area contributed by atoms with E-state index in [0.717, 1.165) is 0 Å². The number of nitrogens with zero attached hydrogens (tertiary/aromatic N) is 2. The molecule has 94 valence electrons. The Hall–Kier alpha value is -2.64. The largest absolute Gasteiger partial charge is 0.358 e. The van der Waals surface area contributed by atoms with Crippen LogP contribution in [0.15, 0.2) is 18.2 Å². The van der Waals surface area contributed by atoms with Gasteiger partial charge in [0.2, 0.25) is 11.9 Å². The predicted octanol–water partition coefficient (Wildman–Crippen LogP) is 0.629. The minimum absolute atomic E-state index is 0.0102. The summed E-state index contributed by atoms with van der Waals surface area (Å²) < 4.78 is 0. The number of likely N-dealkylation sites (N-methyl/N-ethyl adjacent to an activating group) is 1. The minimum atomic E-state index is -0.474. The van der Waals surface area contributed by atoms with Crippen LogP contribution in [0.5, 0.6) is 0 Å². The highest BCUT2D eigenvalue weighted by molar-refractivity contribution is 5.82. The molecule has 0 radical (unpaired) electrons. The van der Waals surface area contributed by atoms with Crippen molar-refractivity contribution in [3.63, 3.8) is 0 Å². The van der Waals surface area contributed by atoms with Crippen molar-refractivity contribution in [3.8, 4) is 0 Å². The lowest BCUT2D eigenvalue weighted by molar-refractivity contribution is -0.384. The van der Waals surface area contributed by atoms with Crippen molar-refractivity contribution in [1.29, 1.82) is 0 Å². The molecule has 8 nitrogen and oxygen atoms in total. The lowest BCUT2D eigenvalue weighted by atomic mass is 10.3. The number of aromatic amines is 1. The topological polar surface area (TPSA) is 113 Å². The first-order valence-electron chi connectivity index (χ1n) is 5.19. The molecule has 0 aliphatic carbocycles. The number of rotatable bonds is 4. The number of nitro benzene ring substituents is 1. The summed E-state index contributed by atoms with van der Waals surface area (Å²) in [6.45, 7) is 0.0818. The number of hydrogen-bond acceptors (Lipinski definition) is 5. The van der Waals surface area contributed by atoms with Crippen LogP contribution in [-0.2, 0) is 4.79 Å². The van der Waals surface area contributed by atoms with Crippen LogP contribution >= 0.6 is 0 Å². The maximum Gasteiger partial charge on any atom is 0.271 e. The number of benzene rings is 1. The van der Waals surface area contributed by atoms with Gasteiger partial charge in [-0.25, -0.2) is 4.98 Å². The van der Waals surface area contributed by atoms with Crippen LogP contribution < -0.4 is 10.6 Å². The zero-order chi connectivity index (χ0) is 13.1. The van der Waals surface area contributed by atoms with Gasteiger partial charge in [-0.1, -0.05) is 0 Å². The van der Waals surface area contributed by atoms with E-state index in [2.05, 4.69) is 20.6 Å². The molecule has 18 heavy (non-hydrogen) atoms. The number of anilines is 1. The Kier molecular flexibility index (Phi) is 3.09. The van der Waals surface area contributed by atoms with Crippen molar-refractivity contribution in [2.75, 3.05) is 18.9 Å². The quantitative estimate of drug-likeness (QED) is 0.543. The SMILES string of the molecule is CNC(=O)CNc1nc2ccc([N+](=O)[O-])cc2[nH]1. The summed E-state index contributed by atoms with van der Waals surface area (Å²) in [5.41, 5.74) is 1.13. The maximum absolute atomic E-state index is 11.0. The monoisotopic (exact) mass is 249 g/mol. The van der Waals surface area contributed by atoms with Crippen molar-refractivity contribution in [1.82, 2.24) is 15.3 Å². The molecule has 1 aromatic heterocycles. The van der Waals surface area contributed by atoms with Gasteiger partial charge in [0.05, 0.1) is 22.5 Å². The molecule has 0 aliphatic rings. The first-order chi connectivity index (χ1) is 8.60. The number of aromatic nitrogens is 2. The summed E-state index contributed by atoms with van der Waals surface area (Å²) in [6, 6.07) is 4.33. The predicted molar refractivity (Wildman–Crippen MR) is 65.3 cm³/mol. The van der Waals surface area contributed by atoms with E-state index in [9.17, 15) is 14.9 Å². The summed E-state index contributed by atoms with van der Waals surface area (Å²) in [7, 11) is 1.53. The van der Waals surface area contributed by atoms with Gasteiger partial charge >= 0.3 is 0 Å². The number of carbonyl (C=O) groups excluding carboxylic acids is 1. The molecular weight excluding hydrogens is 238 g/mol. The van der Waals surface area contributed by atoms with Gasteiger partial charge in [0.15, 0.2) is 0 Å². The molecule has 0 fully saturated rings. The van der Waals surface area contributed by atoms with Gasteiger partial charge < -0.3 is 15.6 Å². The van der Waals surface area contributed by atoms with Crippen molar-refractivity contribution >= 4 is 28.6 Å². The van der Waals surface area contributed by atoms with E-state index in [1.807, 2.05) is 0 Å². The molecule has 2 aromatic rings.